The number of carbonyl (C=O) groups is 1. The number of para-hydroxylation sites is 2. The lowest BCUT2D eigenvalue weighted by molar-refractivity contribution is -0.117. The SMILES string of the molecule is CCOCCC(=O)Nc1nc2ccccc2n1C1CCCCC1. The van der Waals surface area contributed by atoms with Gasteiger partial charge in [-0.2, -0.15) is 0 Å². The van der Waals surface area contributed by atoms with Crippen LogP contribution in [0.3, 0.4) is 0 Å². The van der Waals surface area contributed by atoms with E-state index in [1.165, 1.54) is 19.3 Å². The van der Waals surface area contributed by atoms with Crippen LogP contribution < -0.4 is 5.32 Å². The molecule has 1 heterocycles. The Labute approximate surface area is 137 Å². The predicted octanol–water partition coefficient (Wildman–Crippen LogP) is 3.91. The molecule has 0 bridgehead atoms. The fourth-order valence-electron chi connectivity index (χ4n) is 3.34. The summed E-state index contributed by atoms with van der Waals surface area (Å²) < 4.78 is 7.49. The Hall–Kier alpha value is -1.88. The maximum atomic E-state index is 12.2. The minimum atomic E-state index is -0.0363. The van der Waals surface area contributed by atoms with Crippen molar-refractivity contribution < 1.29 is 9.53 Å². The second kappa shape index (κ2) is 7.59. The molecule has 1 N–H and O–H groups in total. The summed E-state index contributed by atoms with van der Waals surface area (Å²) in [5.41, 5.74) is 2.05. The number of rotatable bonds is 6. The summed E-state index contributed by atoms with van der Waals surface area (Å²) in [6.45, 7) is 3.01. The number of carbonyl (C=O) groups excluding carboxylic acids is 1. The second-order valence-electron chi connectivity index (χ2n) is 6.08. The van der Waals surface area contributed by atoms with E-state index in [0.29, 0.717) is 31.6 Å². The highest BCUT2D eigenvalue weighted by molar-refractivity contribution is 5.91. The van der Waals surface area contributed by atoms with Crippen LogP contribution in [0.5, 0.6) is 0 Å². The van der Waals surface area contributed by atoms with E-state index in [1.54, 1.807) is 0 Å². The molecule has 23 heavy (non-hydrogen) atoms. The van der Waals surface area contributed by atoms with Gasteiger partial charge in [0.15, 0.2) is 0 Å². The number of aromatic nitrogens is 2. The van der Waals surface area contributed by atoms with Crippen molar-refractivity contribution in [3.05, 3.63) is 24.3 Å². The summed E-state index contributed by atoms with van der Waals surface area (Å²) in [4.78, 5) is 16.8. The molecule has 1 saturated carbocycles. The molecule has 3 rings (SSSR count). The monoisotopic (exact) mass is 315 g/mol. The molecule has 1 aromatic carbocycles. The van der Waals surface area contributed by atoms with Crippen molar-refractivity contribution >= 4 is 22.9 Å². The maximum absolute atomic E-state index is 12.2. The highest BCUT2D eigenvalue weighted by atomic mass is 16.5. The van der Waals surface area contributed by atoms with Gasteiger partial charge < -0.3 is 9.30 Å². The Morgan fingerprint density at radius 3 is 2.87 bits per heavy atom. The topological polar surface area (TPSA) is 56.1 Å². The van der Waals surface area contributed by atoms with Crippen LogP contribution in [0, 0.1) is 0 Å². The number of imidazole rings is 1. The number of ether oxygens (including phenoxy) is 1. The molecule has 1 aromatic heterocycles. The first-order chi connectivity index (χ1) is 11.3. The van der Waals surface area contributed by atoms with Gasteiger partial charge in [-0.1, -0.05) is 31.4 Å². The average molecular weight is 315 g/mol. The smallest absolute Gasteiger partial charge is 0.229 e. The van der Waals surface area contributed by atoms with Gasteiger partial charge in [0.1, 0.15) is 0 Å². The Morgan fingerprint density at radius 1 is 1.30 bits per heavy atom. The quantitative estimate of drug-likeness (QED) is 0.822. The first-order valence-electron chi connectivity index (χ1n) is 8.64. The van der Waals surface area contributed by atoms with Gasteiger partial charge >= 0.3 is 0 Å². The van der Waals surface area contributed by atoms with Gasteiger partial charge in [0.2, 0.25) is 11.9 Å². The van der Waals surface area contributed by atoms with E-state index >= 15 is 0 Å². The molecular weight excluding hydrogens is 290 g/mol. The Morgan fingerprint density at radius 2 is 2.09 bits per heavy atom. The highest BCUT2D eigenvalue weighted by Gasteiger charge is 2.22. The van der Waals surface area contributed by atoms with Crippen LogP contribution in [0.4, 0.5) is 5.95 Å². The third-order valence-corrected chi connectivity index (χ3v) is 4.46. The van der Waals surface area contributed by atoms with Crippen LogP contribution in [0.15, 0.2) is 24.3 Å². The first-order valence-corrected chi connectivity index (χ1v) is 8.64. The molecule has 124 valence electrons. The number of anilines is 1. The highest BCUT2D eigenvalue weighted by Crippen LogP contribution is 2.34. The standard InChI is InChI=1S/C18H25N3O2/c1-2-23-13-12-17(22)20-18-19-15-10-6-7-11-16(15)21(18)14-8-4-3-5-9-14/h6-7,10-11,14H,2-5,8-9,12-13H2,1H3,(H,19,20,22). The van der Waals surface area contributed by atoms with Crippen LogP contribution in [0.1, 0.15) is 51.5 Å². The lowest BCUT2D eigenvalue weighted by Gasteiger charge is -2.25. The molecule has 0 atom stereocenters. The van der Waals surface area contributed by atoms with Crippen molar-refractivity contribution in [2.24, 2.45) is 0 Å². The van der Waals surface area contributed by atoms with Gasteiger partial charge in [-0.3, -0.25) is 10.1 Å². The summed E-state index contributed by atoms with van der Waals surface area (Å²) >= 11 is 0. The third-order valence-electron chi connectivity index (χ3n) is 4.46. The zero-order valence-corrected chi connectivity index (χ0v) is 13.8. The number of nitrogens with one attached hydrogen (secondary N) is 1. The van der Waals surface area contributed by atoms with Crippen molar-refractivity contribution in [2.45, 2.75) is 51.5 Å². The third kappa shape index (κ3) is 3.72. The van der Waals surface area contributed by atoms with E-state index in [2.05, 4.69) is 20.9 Å². The summed E-state index contributed by atoms with van der Waals surface area (Å²) in [6, 6.07) is 8.54. The maximum Gasteiger partial charge on any atom is 0.229 e. The summed E-state index contributed by atoms with van der Waals surface area (Å²) in [5, 5.41) is 2.99. The van der Waals surface area contributed by atoms with Gasteiger partial charge in [-0.25, -0.2) is 4.98 Å². The number of hydrogen-bond donors (Lipinski definition) is 1. The molecule has 0 spiro atoms. The number of fused-ring (bicyclic) bond motifs is 1. The molecule has 0 radical (unpaired) electrons. The molecular formula is C18H25N3O2. The molecule has 1 aliphatic carbocycles. The Kier molecular flexibility index (Phi) is 5.28. The lowest BCUT2D eigenvalue weighted by Crippen LogP contribution is -2.20. The van der Waals surface area contributed by atoms with E-state index in [9.17, 15) is 4.79 Å². The van der Waals surface area contributed by atoms with Crippen LogP contribution in [-0.2, 0) is 9.53 Å². The minimum Gasteiger partial charge on any atom is -0.381 e. The largest absolute Gasteiger partial charge is 0.381 e. The van der Waals surface area contributed by atoms with Gasteiger partial charge in [-0.15, -0.1) is 0 Å². The summed E-state index contributed by atoms with van der Waals surface area (Å²) in [5.74, 6) is 0.644. The molecule has 0 unspecified atom stereocenters. The van der Waals surface area contributed by atoms with Crippen molar-refractivity contribution in [3.63, 3.8) is 0 Å². The number of nitrogens with zero attached hydrogens (tertiary/aromatic N) is 2. The molecule has 1 fully saturated rings. The van der Waals surface area contributed by atoms with E-state index in [1.807, 2.05) is 25.1 Å². The number of benzene rings is 1. The van der Waals surface area contributed by atoms with Gasteiger partial charge in [0.05, 0.1) is 24.1 Å². The zero-order valence-electron chi connectivity index (χ0n) is 13.8. The van der Waals surface area contributed by atoms with Crippen molar-refractivity contribution in [2.75, 3.05) is 18.5 Å². The summed E-state index contributed by atoms with van der Waals surface area (Å²) in [7, 11) is 0. The fourth-order valence-corrected chi connectivity index (χ4v) is 3.34. The second-order valence-corrected chi connectivity index (χ2v) is 6.08. The van der Waals surface area contributed by atoms with Crippen molar-refractivity contribution in [1.29, 1.82) is 0 Å². The molecule has 0 aliphatic heterocycles. The van der Waals surface area contributed by atoms with Gasteiger partial charge in [0, 0.05) is 12.6 Å². The van der Waals surface area contributed by atoms with E-state index in [0.717, 1.165) is 23.9 Å². The van der Waals surface area contributed by atoms with Crippen molar-refractivity contribution in [1.82, 2.24) is 9.55 Å². The van der Waals surface area contributed by atoms with Crippen LogP contribution >= 0.6 is 0 Å². The average Bonchev–Trinajstić information content (AvgIpc) is 2.93. The zero-order chi connectivity index (χ0) is 16.1. The van der Waals surface area contributed by atoms with Crippen molar-refractivity contribution in [3.8, 4) is 0 Å². The normalized spacial score (nSPS) is 15.9. The van der Waals surface area contributed by atoms with Gasteiger partial charge in [0.25, 0.3) is 0 Å². The fraction of sp³-hybridized carbons (Fsp3) is 0.556. The van der Waals surface area contributed by atoms with Crippen LogP contribution in [0.2, 0.25) is 0 Å². The Balaban J connectivity index is 1.84. The molecule has 0 saturated heterocycles. The molecule has 5 nitrogen and oxygen atoms in total. The lowest BCUT2D eigenvalue weighted by atomic mass is 9.95. The molecule has 5 heteroatoms. The van der Waals surface area contributed by atoms with E-state index in [4.69, 9.17) is 4.74 Å². The molecule has 1 amide bonds. The van der Waals surface area contributed by atoms with E-state index < -0.39 is 0 Å². The van der Waals surface area contributed by atoms with Crippen LogP contribution in [0.25, 0.3) is 11.0 Å². The molecule has 2 aromatic rings. The first kappa shape index (κ1) is 16.0. The number of amides is 1. The van der Waals surface area contributed by atoms with Crippen LogP contribution in [-0.4, -0.2) is 28.7 Å². The predicted molar refractivity (Wildman–Crippen MR) is 91.6 cm³/mol. The minimum absolute atomic E-state index is 0.0363. The van der Waals surface area contributed by atoms with E-state index in [-0.39, 0.29) is 5.91 Å². The summed E-state index contributed by atoms with van der Waals surface area (Å²) in [6.07, 6.45) is 6.47. The Bertz CT molecular complexity index is 659. The molecule has 1 aliphatic rings. The number of hydrogen-bond acceptors (Lipinski definition) is 3. The van der Waals surface area contributed by atoms with Gasteiger partial charge in [-0.05, 0) is 31.9 Å².